The van der Waals surface area contributed by atoms with Crippen molar-refractivity contribution in [3.63, 3.8) is 0 Å². The van der Waals surface area contributed by atoms with Crippen LogP contribution in [0.3, 0.4) is 0 Å². The summed E-state index contributed by atoms with van der Waals surface area (Å²) in [6.45, 7) is 8.24. The van der Waals surface area contributed by atoms with E-state index in [1.54, 1.807) is 0 Å². The van der Waals surface area contributed by atoms with Gasteiger partial charge in [-0.1, -0.05) is 32.4 Å². The van der Waals surface area contributed by atoms with Crippen molar-refractivity contribution in [3.8, 4) is 0 Å². The van der Waals surface area contributed by atoms with Crippen LogP contribution >= 0.6 is 11.6 Å². The van der Waals surface area contributed by atoms with Gasteiger partial charge < -0.3 is 0 Å². The Hall–Kier alpha value is -0.630. The summed E-state index contributed by atoms with van der Waals surface area (Å²) in [5, 5.41) is 8.38. The Balaban J connectivity index is 3.14. The highest BCUT2D eigenvalue weighted by molar-refractivity contribution is 6.30. The number of aromatic nitrogens is 2. The van der Waals surface area contributed by atoms with E-state index in [0.29, 0.717) is 5.15 Å². The Labute approximate surface area is 78.0 Å². The Kier molecular flexibility index (Phi) is 2.38. The van der Waals surface area contributed by atoms with Crippen LogP contribution in [0.2, 0.25) is 5.15 Å². The second kappa shape index (κ2) is 3.02. The van der Waals surface area contributed by atoms with Gasteiger partial charge in [0.2, 0.25) is 0 Å². The summed E-state index contributed by atoms with van der Waals surface area (Å²) in [4.78, 5) is 0. The highest BCUT2D eigenvalue weighted by atomic mass is 35.5. The molecular weight excluding hydrogens is 172 g/mol. The molecule has 3 heteroatoms. The summed E-state index contributed by atoms with van der Waals surface area (Å²) in [5.74, 6) is 0. The smallest absolute Gasteiger partial charge is 0.154 e. The highest BCUT2D eigenvalue weighted by Gasteiger charge is 2.16. The zero-order valence-corrected chi connectivity index (χ0v) is 8.61. The molecule has 0 amide bonds. The zero-order chi connectivity index (χ0) is 9.35. The van der Waals surface area contributed by atoms with Crippen molar-refractivity contribution in [2.45, 2.75) is 33.1 Å². The molecule has 2 nitrogen and oxygen atoms in total. The minimum atomic E-state index is 0.0440. The molecule has 0 radical (unpaired) electrons. The lowest BCUT2D eigenvalue weighted by Crippen LogP contribution is -2.14. The van der Waals surface area contributed by atoms with Gasteiger partial charge in [-0.15, -0.1) is 5.10 Å². The molecular formula is C9H13ClN2. The van der Waals surface area contributed by atoms with E-state index >= 15 is 0 Å². The lowest BCUT2D eigenvalue weighted by Gasteiger charge is -2.16. The van der Waals surface area contributed by atoms with Gasteiger partial charge in [-0.05, 0) is 18.6 Å². The molecule has 0 atom stereocenters. The molecule has 0 N–H and O–H groups in total. The van der Waals surface area contributed by atoms with Gasteiger partial charge in [0, 0.05) is 5.41 Å². The number of rotatable bonds is 0. The van der Waals surface area contributed by atoms with E-state index in [2.05, 4.69) is 31.0 Å². The first-order valence-corrected chi connectivity index (χ1v) is 4.29. The first kappa shape index (κ1) is 9.46. The van der Waals surface area contributed by atoms with E-state index in [0.717, 1.165) is 11.3 Å². The molecule has 0 aromatic carbocycles. The number of nitrogens with zero attached hydrogens (tertiary/aromatic N) is 2. The number of hydrogen-bond acceptors (Lipinski definition) is 2. The molecule has 1 aromatic heterocycles. The lowest BCUT2D eigenvalue weighted by molar-refractivity contribution is 0.557. The summed E-state index contributed by atoms with van der Waals surface area (Å²) in [6, 6.07) is 1.98. The molecule has 0 saturated heterocycles. The van der Waals surface area contributed by atoms with Crippen molar-refractivity contribution >= 4 is 11.6 Å². The third kappa shape index (κ3) is 1.95. The van der Waals surface area contributed by atoms with Crippen LogP contribution in [0.5, 0.6) is 0 Å². The minimum absolute atomic E-state index is 0.0440. The average Bonchev–Trinajstić information content (AvgIpc) is 1.92. The topological polar surface area (TPSA) is 25.8 Å². The summed E-state index contributed by atoms with van der Waals surface area (Å²) in [6.07, 6.45) is 0. The number of hydrogen-bond donors (Lipinski definition) is 0. The van der Waals surface area contributed by atoms with Crippen molar-refractivity contribution in [2.24, 2.45) is 0 Å². The van der Waals surface area contributed by atoms with E-state index in [1.807, 2.05) is 13.0 Å². The Morgan fingerprint density at radius 3 is 2.25 bits per heavy atom. The average molecular weight is 185 g/mol. The van der Waals surface area contributed by atoms with Crippen LogP contribution in [0, 0.1) is 6.92 Å². The second-order valence-corrected chi connectivity index (χ2v) is 4.31. The van der Waals surface area contributed by atoms with Gasteiger partial charge in [-0.3, -0.25) is 0 Å². The molecule has 1 rings (SSSR count). The van der Waals surface area contributed by atoms with Crippen LogP contribution in [0.25, 0.3) is 0 Å². The fourth-order valence-corrected chi connectivity index (χ4v) is 0.929. The predicted molar refractivity (Wildman–Crippen MR) is 50.5 cm³/mol. The van der Waals surface area contributed by atoms with Crippen molar-refractivity contribution in [1.82, 2.24) is 10.2 Å². The highest BCUT2D eigenvalue weighted by Crippen LogP contribution is 2.21. The summed E-state index contributed by atoms with van der Waals surface area (Å²) < 4.78 is 0. The van der Waals surface area contributed by atoms with Crippen LogP contribution in [-0.2, 0) is 5.41 Å². The largest absolute Gasteiger partial charge is 0.154 e. The molecule has 0 spiro atoms. The van der Waals surface area contributed by atoms with E-state index < -0.39 is 0 Å². The fourth-order valence-electron chi connectivity index (χ4n) is 0.837. The van der Waals surface area contributed by atoms with Gasteiger partial charge in [0.15, 0.2) is 5.15 Å². The van der Waals surface area contributed by atoms with E-state index in [4.69, 9.17) is 11.6 Å². The van der Waals surface area contributed by atoms with Crippen molar-refractivity contribution in [1.29, 1.82) is 0 Å². The second-order valence-electron chi connectivity index (χ2n) is 3.95. The van der Waals surface area contributed by atoms with Gasteiger partial charge in [0.05, 0.1) is 5.69 Å². The van der Waals surface area contributed by atoms with Crippen molar-refractivity contribution < 1.29 is 0 Å². The fraction of sp³-hybridized carbons (Fsp3) is 0.556. The zero-order valence-electron chi connectivity index (χ0n) is 7.85. The maximum atomic E-state index is 5.76. The number of halogens is 1. The molecule has 1 aromatic rings. The molecule has 0 aliphatic carbocycles. The third-order valence-corrected chi connectivity index (χ3v) is 2.07. The number of aryl methyl sites for hydroxylation is 1. The monoisotopic (exact) mass is 184 g/mol. The van der Waals surface area contributed by atoms with E-state index in [1.165, 1.54) is 0 Å². The molecule has 0 saturated carbocycles. The van der Waals surface area contributed by atoms with E-state index in [-0.39, 0.29) is 5.41 Å². The molecule has 0 fully saturated rings. The summed E-state index contributed by atoms with van der Waals surface area (Å²) in [5.41, 5.74) is 2.00. The van der Waals surface area contributed by atoms with Gasteiger partial charge >= 0.3 is 0 Å². The quantitative estimate of drug-likeness (QED) is 0.620. The minimum Gasteiger partial charge on any atom is -0.154 e. The van der Waals surface area contributed by atoms with Crippen LogP contribution in [0.1, 0.15) is 32.0 Å². The molecule has 1 heterocycles. The van der Waals surface area contributed by atoms with Crippen LogP contribution in [0.4, 0.5) is 0 Å². The van der Waals surface area contributed by atoms with Gasteiger partial charge in [0.1, 0.15) is 0 Å². The maximum Gasteiger partial charge on any atom is 0.154 e. The molecule has 0 aliphatic heterocycles. The molecule has 0 aliphatic rings. The maximum absolute atomic E-state index is 5.76. The summed E-state index contributed by atoms with van der Waals surface area (Å²) in [7, 11) is 0. The Morgan fingerprint density at radius 2 is 1.83 bits per heavy atom. The molecule has 12 heavy (non-hydrogen) atoms. The normalized spacial score (nSPS) is 11.8. The predicted octanol–water partition coefficient (Wildman–Crippen LogP) is 2.74. The van der Waals surface area contributed by atoms with Gasteiger partial charge in [-0.25, -0.2) is 0 Å². The lowest BCUT2D eigenvalue weighted by atomic mass is 9.91. The standard InChI is InChI=1S/C9H13ClN2/c1-6-5-7(9(2,3)4)11-12-8(6)10/h5H,1-4H3. The van der Waals surface area contributed by atoms with Crippen LogP contribution < -0.4 is 0 Å². The van der Waals surface area contributed by atoms with Crippen molar-refractivity contribution in [2.75, 3.05) is 0 Å². The molecule has 66 valence electrons. The Bertz CT molecular complexity index is 289. The first-order chi connectivity index (χ1) is 5.41. The molecule has 0 unspecified atom stereocenters. The SMILES string of the molecule is Cc1cc(C(C)(C)C)nnc1Cl. The van der Waals surface area contributed by atoms with Crippen molar-refractivity contribution in [3.05, 3.63) is 22.5 Å². The summed E-state index contributed by atoms with van der Waals surface area (Å²) >= 11 is 5.76. The Morgan fingerprint density at radius 1 is 1.25 bits per heavy atom. The van der Waals surface area contributed by atoms with E-state index in [9.17, 15) is 0 Å². The molecule has 0 bridgehead atoms. The van der Waals surface area contributed by atoms with Crippen LogP contribution in [-0.4, -0.2) is 10.2 Å². The first-order valence-electron chi connectivity index (χ1n) is 3.91. The third-order valence-electron chi connectivity index (χ3n) is 1.69. The van der Waals surface area contributed by atoms with Gasteiger partial charge in [0.25, 0.3) is 0 Å². The van der Waals surface area contributed by atoms with Crippen LogP contribution in [0.15, 0.2) is 6.07 Å². The van der Waals surface area contributed by atoms with Gasteiger partial charge in [-0.2, -0.15) is 5.10 Å².